The molecule has 2 saturated heterocycles. The zero-order chi connectivity index (χ0) is 33.6. The molecule has 2 aromatic carbocycles. The average Bonchev–Trinajstić information content (AvgIpc) is 3.89. The molecule has 0 N–H and O–H groups in total. The van der Waals surface area contributed by atoms with Crippen LogP contribution >= 0.6 is 11.3 Å². The Hall–Kier alpha value is -3.08. The Bertz CT molecular complexity index is 1600. The lowest BCUT2D eigenvalue weighted by molar-refractivity contribution is -0.684. The monoisotopic (exact) mass is 675 g/mol. The van der Waals surface area contributed by atoms with E-state index in [0.29, 0.717) is 39.5 Å². The molecule has 1 aromatic heterocycles. The fourth-order valence-corrected chi connectivity index (χ4v) is 8.41. The number of nitrogens with zero attached hydrogens (tertiary/aromatic N) is 2. The number of fused-ring (bicyclic) bond motifs is 2. The number of allylic oxidation sites excluding steroid dienone is 3. The summed E-state index contributed by atoms with van der Waals surface area (Å²) in [4.78, 5) is 14.4. The molecule has 0 aliphatic carbocycles. The molecule has 0 amide bonds. The highest BCUT2D eigenvalue weighted by Gasteiger charge is 2.43. The molecule has 0 spiro atoms. The first kappa shape index (κ1) is 34.8. The fourth-order valence-electron chi connectivity index (χ4n) is 7.34. The largest absolute Gasteiger partial charge is 0.466 e. The van der Waals surface area contributed by atoms with Gasteiger partial charge in [-0.25, -0.2) is 0 Å². The zero-order valence-electron chi connectivity index (χ0n) is 29.0. The number of carbonyl (C=O) groups excluding carboxylic acids is 1. The number of aromatic nitrogens is 1. The van der Waals surface area contributed by atoms with Crippen LogP contribution in [-0.2, 0) is 40.4 Å². The summed E-state index contributed by atoms with van der Waals surface area (Å²) in [7, 11) is 0. The van der Waals surface area contributed by atoms with E-state index in [2.05, 4.69) is 97.0 Å². The summed E-state index contributed by atoms with van der Waals surface area (Å²) >= 11 is 1.81. The van der Waals surface area contributed by atoms with Crippen LogP contribution in [0.15, 0.2) is 66.4 Å². The van der Waals surface area contributed by atoms with Crippen molar-refractivity contribution in [2.45, 2.75) is 90.8 Å². The SMILES string of the molecule is CCOC(=O)CCCCCC1(C)/C(=C\C=C\c2sc3ccccc3[n+]2CC(C)(C)C2OCCO2)N(CCC2OCCO2)c2ccccc21. The predicted octanol–water partition coefficient (Wildman–Crippen LogP) is 7.54. The number of carbonyl (C=O) groups is 1. The Balaban J connectivity index is 1.30. The van der Waals surface area contributed by atoms with Crippen molar-refractivity contribution in [1.29, 1.82) is 0 Å². The topological polar surface area (TPSA) is 70.3 Å². The lowest BCUT2D eigenvalue weighted by atomic mass is 9.77. The molecular weight excluding hydrogens is 625 g/mol. The van der Waals surface area contributed by atoms with Crippen LogP contribution in [-0.4, -0.2) is 58.1 Å². The van der Waals surface area contributed by atoms with Gasteiger partial charge < -0.3 is 28.6 Å². The number of esters is 1. The van der Waals surface area contributed by atoms with Crippen LogP contribution in [0.25, 0.3) is 16.3 Å². The molecular formula is C39H51N2O6S+. The van der Waals surface area contributed by atoms with Gasteiger partial charge in [-0.3, -0.25) is 4.79 Å². The van der Waals surface area contributed by atoms with Crippen LogP contribution in [0, 0.1) is 5.41 Å². The number of hydrogen-bond acceptors (Lipinski definition) is 8. The molecule has 0 bridgehead atoms. The van der Waals surface area contributed by atoms with E-state index in [1.165, 1.54) is 32.2 Å². The lowest BCUT2D eigenvalue weighted by Crippen LogP contribution is -2.47. The quantitative estimate of drug-likeness (QED) is 0.0937. The molecule has 8 nitrogen and oxygen atoms in total. The smallest absolute Gasteiger partial charge is 0.305 e. The van der Waals surface area contributed by atoms with Gasteiger partial charge in [-0.2, -0.15) is 4.57 Å². The molecule has 4 heterocycles. The number of thiazole rings is 1. The van der Waals surface area contributed by atoms with Crippen molar-refractivity contribution < 1.29 is 33.0 Å². The van der Waals surface area contributed by atoms with Crippen molar-refractivity contribution in [1.82, 2.24) is 0 Å². The average molecular weight is 676 g/mol. The number of anilines is 1. The molecule has 48 heavy (non-hydrogen) atoms. The van der Waals surface area contributed by atoms with Gasteiger partial charge in [0.1, 0.15) is 4.70 Å². The molecule has 3 aliphatic rings. The first-order valence-electron chi connectivity index (χ1n) is 17.6. The van der Waals surface area contributed by atoms with E-state index in [1.54, 1.807) is 0 Å². The van der Waals surface area contributed by atoms with Crippen LogP contribution in [0.4, 0.5) is 5.69 Å². The number of benzene rings is 2. The molecule has 2 fully saturated rings. The van der Waals surface area contributed by atoms with Gasteiger partial charge in [0, 0.05) is 48.3 Å². The van der Waals surface area contributed by atoms with E-state index in [0.717, 1.165) is 45.2 Å². The second kappa shape index (κ2) is 15.6. The number of rotatable bonds is 15. The number of ether oxygens (including phenoxy) is 5. The minimum absolute atomic E-state index is 0.103. The highest BCUT2D eigenvalue weighted by atomic mass is 32.1. The van der Waals surface area contributed by atoms with Crippen LogP contribution in [0.1, 0.15) is 76.8 Å². The van der Waals surface area contributed by atoms with Crippen LogP contribution < -0.4 is 9.47 Å². The molecule has 3 aliphatic heterocycles. The zero-order valence-corrected chi connectivity index (χ0v) is 29.8. The second-order valence-corrected chi connectivity index (χ2v) is 14.9. The van der Waals surface area contributed by atoms with Gasteiger partial charge in [-0.05, 0) is 64.3 Å². The Labute approximate surface area is 289 Å². The summed E-state index contributed by atoms with van der Waals surface area (Å²) in [5.74, 6) is -0.103. The molecule has 3 aromatic rings. The summed E-state index contributed by atoms with van der Waals surface area (Å²) in [5, 5.41) is 1.19. The third-order valence-corrected chi connectivity index (χ3v) is 10.9. The highest BCUT2D eigenvalue weighted by Crippen LogP contribution is 2.51. The van der Waals surface area contributed by atoms with Gasteiger partial charge >= 0.3 is 5.97 Å². The number of unbranched alkanes of at least 4 members (excludes halogenated alkanes) is 2. The van der Waals surface area contributed by atoms with E-state index in [-0.39, 0.29) is 29.4 Å². The van der Waals surface area contributed by atoms with E-state index in [9.17, 15) is 4.79 Å². The minimum atomic E-state index is -0.223. The lowest BCUT2D eigenvalue weighted by Gasteiger charge is -2.31. The van der Waals surface area contributed by atoms with Gasteiger partial charge in [-0.15, -0.1) is 0 Å². The van der Waals surface area contributed by atoms with E-state index < -0.39 is 0 Å². The maximum Gasteiger partial charge on any atom is 0.305 e. The molecule has 6 rings (SSSR count). The molecule has 258 valence electrons. The maximum absolute atomic E-state index is 11.9. The normalized spacial score (nSPS) is 21.3. The van der Waals surface area contributed by atoms with Gasteiger partial charge in [-0.1, -0.05) is 60.6 Å². The van der Waals surface area contributed by atoms with Crippen LogP contribution in [0.3, 0.4) is 0 Å². The number of para-hydroxylation sites is 2. The second-order valence-electron chi connectivity index (χ2n) is 13.8. The van der Waals surface area contributed by atoms with Crippen molar-refractivity contribution in [2.24, 2.45) is 5.41 Å². The third-order valence-electron chi connectivity index (χ3n) is 9.74. The fraction of sp³-hybridized carbons (Fsp3) is 0.538. The molecule has 1 atom stereocenters. The van der Waals surface area contributed by atoms with Crippen molar-refractivity contribution in [3.05, 3.63) is 77.0 Å². The van der Waals surface area contributed by atoms with Crippen molar-refractivity contribution in [2.75, 3.05) is 44.5 Å². The summed E-state index contributed by atoms with van der Waals surface area (Å²) in [6.07, 6.45) is 11.5. The number of hydrogen-bond donors (Lipinski definition) is 0. The van der Waals surface area contributed by atoms with E-state index in [1.807, 2.05) is 18.3 Å². The summed E-state index contributed by atoms with van der Waals surface area (Å²) in [6.45, 7) is 13.3. The van der Waals surface area contributed by atoms with Crippen molar-refractivity contribution in [3.8, 4) is 0 Å². The van der Waals surface area contributed by atoms with Crippen molar-refractivity contribution in [3.63, 3.8) is 0 Å². The maximum atomic E-state index is 11.9. The summed E-state index contributed by atoms with van der Waals surface area (Å²) in [5.41, 5.74) is 4.71. The first-order valence-corrected chi connectivity index (χ1v) is 18.4. The van der Waals surface area contributed by atoms with E-state index >= 15 is 0 Å². The summed E-state index contributed by atoms with van der Waals surface area (Å²) in [6, 6.07) is 17.4. The standard InChI is InChI=1S/C39H51N2O6S/c1-5-43-35(42)20-7-6-12-22-39(4)29-14-8-9-15-30(29)40(23-21-36-44-24-25-45-36)33(39)18-13-19-34-41(31-16-10-11-17-32(31)48-34)28-38(2,3)37-46-26-27-47-37/h8-11,13-19,36-37H,5-7,12,20-28H2,1-4H3/q+1. The minimum Gasteiger partial charge on any atom is -0.466 e. The Morgan fingerprint density at radius 1 is 1.02 bits per heavy atom. The van der Waals surface area contributed by atoms with Crippen LogP contribution in [0.2, 0.25) is 0 Å². The van der Waals surface area contributed by atoms with Crippen molar-refractivity contribution >= 4 is 39.3 Å². The molecule has 1 unspecified atom stereocenters. The highest BCUT2D eigenvalue weighted by molar-refractivity contribution is 7.18. The van der Waals surface area contributed by atoms with Gasteiger partial charge in [0.15, 0.2) is 19.1 Å². The van der Waals surface area contributed by atoms with Crippen LogP contribution in [0.5, 0.6) is 0 Å². The van der Waals surface area contributed by atoms with Gasteiger partial charge in [0.2, 0.25) is 5.52 Å². The van der Waals surface area contributed by atoms with Gasteiger partial charge in [0.05, 0.1) is 38.4 Å². The molecule has 0 saturated carbocycles. The summed E-state index contributed by atoms with van der Waals surface area (Å²) < 4.78 is 32.4. The Kier molecular flexibility index (Phi) is 11.3. The Morgan fingerprint density at radius 3 is 2.54 bits per heavy atom. The molecule has 0 radical (unpaired) electrons. The Morgan fingerprint density at radius 2 is 1.75 bits per heavy atom. The predicted molar refractivity (Wildman–Crippen MR) is 190 cm³/mol. The molecule has 9 heteroatoms. The third kappa shape index (κ3) is 7.71. The van der Waals surface area contributed by atoms with Gasteiger partial charge in [0.25, 0.3) is 5.01 Å². The van der Waals surface area contributed by atoms with E-state index in [4.69, 9.17) is 23.7 Å². The first-order chi connectivity index (χ1) is 23.3.